The third kappa shape index (κ3) is 0.664. The molecule has 4 rings (SSSR count). The van der Waals surface area contributed by atoms with Crippen molar-refractivity contribution in [2.24, 2.45) is 0 Å². The molecule has 0 N–H and O–H groups in total. The Bertz CT molecular complexity index is 537. The van der Waals surface area contributed by atoms with Crippen LogP contribution < -0.4 is 0 Å². The summed E-state index contributed by atoms with van der Waals surface area (Å²) in [7, 11) is 0. The van der Waals surface area contributed by atoms with Crippen molar-refractivity contribution in [1.82, 2.24) is 0 Å². The summed E-state index contributed by atoms with van der Waals surface area (Å²) < 4.78 is 0. The molecule has 0 amide bonds. The van der Waals surface area contributed by atoms with Gasteiger partial charge >= 0.3 is 0 Å². The van der Waals surface area contributed by atoms with Crippen LogP contribution in [-0.4, -0.2) is 0 Å². The van der Waals surface area contributed by atoms with E-state index in [1.165, 1.54) is 5.56 Å². The fourth-order valence-corrected chi connectivity index (χ4v) is 2.81. The quantitative estimate of drug-likeness (QED) is 0.388. The van der Waals surface area contributed by atoms with Crippen LogP contribution in [0, 0.1) is 0 Å². The van der Waals surface area contributed by atoms with Crippen molar-refractivity contribution in [2.45, 2.75) is 12.3 Å². The van der Waals surface area contributed by atoms with Gasteiger partial charge in [0, 0.05) is 5.92 Å². The first kappa shape index (κ1) is 6.83. The van der Waals surface area contributed by atoms with Gasteiger partial charge in [0.15, 0.2) is 0 Å². The maximum absolute atomic E-state index is 2.28. The van der Waals surface area contributed by atoms with Gasteiger partial charge in [-0.05, 0) is 34.2 Å². The summed E-state index contributed by atoms with van der Waals surface area (Å²) >= 11 is 0. The molecule has 0 bridgehead atoms. The van der Waals surface area contributed by atoms with E-state index in [4.69, 9.17) is 0 Å². The minimum absolute atomic E-state index is 0.657. The molecule has 0 saturated heterocycles. The van der Waals surface area contributed by atoms with Crippen molar-refractivity contribution < 1.29 is 0 Å². The molecule has 14 heavy (non-hydrogen) atoms. The molecular weight excluding hydrogens is 168 g/mol. The second kappa shape index (κ2) is 2.09. The van der Waals surface area contributed by atoms with Crippen molar-refractivity contribution in [3.05, 3.63) is 70.3 Å². The van der Waals surface area contributed by atoms with Crippen molar-refractivity contribution in [3.63, 3.8) is 0 Å². The van der Waals surface area contributed by atoms with E-state index in [2.05, 4.69) is 42.5 Å². The van der Waals surface area contributed by atoms with Gasteiger partial charge in [0.1, 0.15) is 0 Å². The molecule has 0 spiro atoms. The van der Waals surface area contributed by atoms with E-state index in [0.29, 0.717) is 5.92 Å². The lowest BCUT2D eigenvalue weighted by Crippen LogP contribution is -1.99. The van der Waals surface area contributed by atoms with Crippen LogP contribution in [0.5, 0.6) is 0 Å². The summed E-state index contributed by atoms with van der Waals surface area (Å²) in [4.78, 5) is 0. The van der Waals surface area contributed by atoms with Crippen LogP contribution in [0.4, 0.5) is 0 Å². The van der Waals surface area contributed by atoms with Gasteiger partial charge < -0.3 is 0 Å². The Morgan fingerprint density at radius 2 is 1.57 bits per heavy atom. The van der Waals surface area contributed by atoms with Gasteiger partial charge in [-0.15, -0.1) is 0 Å². The Labute approximate surface area is 83.2 Å². The molecule has 0 fully saturated rings. The molecule has 0 nitrogen and oxygen atoms in total. The van der Waals surface area contributed by atoms with E-state index in [9.17, 15) is 0 Å². The largest absolute Gasteiger partial charge is 0.0620 e. The van der Waals surface area contributed by atoms with Crippen LogP contribution in [0.25, 0.3) is 0 Å². The van der Waals surface area contributed by atoms with E-state index in [0.717, 1.165) is 6.42 Å². The number of fused-ring (bicyclic) bond motifs is 3. The number of hydrogen-bond acceptors (Lipinski definition) is 0. The van der Waals surface area contributed by atoms with E-state index in [1.54, 1.807) is 22.3 Å². The third-order valence-electron chi connectivity index (χ3n) is 3.49. The zero-order valence-electron chi connectivity index (χ0n) is 7.83. The topological polar surface area (TPSA) is 0 Å². The van der Waals surface area contributed by atoms with Gasteiger partial charge in [-0.25, -0.2) is 0 Å². The van der Waals surface area contributed by atoms with Crippen LogP contribution in [0.2, 0.25) is 0 Å². The number of benzene rings is 2. The SMILES string of the molecule is c1ccc2c(c1)Cc1cccc3c1C23. The highest BCUT2D eigenvalue weighted by Gasteiger charge is 2.40. The van der Waals surface area contributed by atoms with E-state index in [1.807, 2.05) is 0 Å². The van der Waals surface area contributed by atoms with Gasteiger partial charge in [0.25, 0.3) is 0 Å². The zero-order chi connectivity index (χ0) is 9.12. The molecule has 0 radical (unpaired) electrons. The van der Waals surface area contributed by atoms with Gasteiger partial charge in [-0.2, -0.15) is 0 Å². The van der Waals surface area contributed by atoms with Crippen molar-refractivity contribution >= 4 is 0 Å². The Morgan fingerprint density at radius 3 is 2.57 bits per heavy atom. The summed E-state index contributed by atoms with van der Waals surface area (Å²) in [5, 5.41) is 0. The second-order valence-corrected chi connectivity index (χ2v) is 4.23. The molecule has 0 heterocycles. The summed E-state index contributed by atoms with van der Waals surface area (Å²) in [6, 6.07) is 15.6. The van der Waals surface area contributed by atoms with E-state index in [-0.39, 0.29) is 0 Å². The highest BCUT2D eigenvalue weighted by Crippen LogP contribution is 2.54. The average Bonchev–Trinajstić information content (AvgIpc) is 2.95. The first-order valence-electron chi connectivity index (χ1n) is 5.14. The summed E-state index contributed by atoms with van der Waals surface area (Å²) in [5.74, 6) is 0.657. The predicted molar refractivity (Wildman–Crippen MR) is 56.6 cm³/mol. The zero-order valence-corrected chi connectivity index (χ0v) is 7.83. The predicted octanol–water partition coefficient (Wildman–Crippen LogP) is 3.08. The minimum Gasteiger partial charge on any atom is -0.0620 e. The van der Waals surface area contributed by atoms with Crippen molar-refractivity contribution in [2.75, 3.05) is 0 Å². The van der Waals surface area contributed by atoms with Crippen LogP contribution in [0.15, 0.2) is 42.5 Å². The van der Waals surface area contributed by atoms with Crippen LogP contribution in [0.1, 0.15) is 33.7 Å². The monoisotopic (exact) mass is 178 g/mol. The fourth-order valence-electron chi connectivity index (χ4n) is 2.81. The van der Waals surface area contributed by atoms with Gasteiger partial charge in [0.05, 0.1) is 0 Å². The lowest BCUT2D eigenvalue weighted by Gasteiger charge is -2.13. The van der Waals surface area contributed by atoms with Gasteiger partial charge in [-0.1, -0.05) is 42.5 Å². The second-order valence-electron chi connectivity index (χ2n) is 4.23. The molecule has 66 valence electrons. The molecule has 1 unspecified atom stereocenters. The molecule has 2 aliphatic carbocycles. The van der Waals surface area contributed by atoms with Crippen LogP contribution >= 0.6 is 0 Å². The molecule has 0 aromatic heterocycles. The van der Waals surface area contributed by atoms with Crippen LogP contribution in [-0.2, 0) is 6.42 Å². The number of hydrogen-bond donors (Lipinski definition) is 0. The minimum atomic E-state index is 0.657. The summed E-state index contributed by atoms with van der Waals surface area (Å²) in [6.45, 7) is 0. The molecular formula is C14H10. The van der Waals surface area contributed by atoms with Gasteiger partial charge in [0.2, 0.25) is 0 Å². The maximum Gasteiger partial charge on any atom is 0.0351 e. The van der Waals surface area contributed by atoms with E-state index >= 15 is 0 Å². The first-order valence-corrected chi connectivity index (χ1v) is 5.14. The molecule has 0 aliphatic heterocycles. The standard InChI is InChI=1S/C14H10/c1-2-6-11-9(4-1)8-10-5-3-7-12-13(10)14(11)12/h1-7,14H,8H2. The van der Waals surface area contributed by atoms with Crippen molar-refractivity contribution in [3.8, 4) is 0 Å². The smallest absolute Gasteiger partial charge is 0.0351 e. The number of rotatable bonds is 0. The first-order chi connectivity index (χ1) is 6.95. The maximum atomic E-state index is 2.28. The third-order valence-corrected chi connectivity index (χ3v) is 3.49. The van der Waals surface area contributed by atoms with Gasteiger partial charge in [-0.3, -0.25) is 0 Å². The normalized spacial score (nSPS) is 19.9. The Morgan fingerprint density at radius 1 is 0.786 bits per heavy atom. The molecule has 1 atom stereocenters. The Hall–Kier alpha value is -1.56. The summed E-state index contributed by atoms with van der Waals surface area (Å²) in [6.07, 6.45) is 1.13. The molecule has 0 heteroatoms. The fraction of sp³-hybridized carbons (Fsp3) is 0.143. The molecule has 0 saturated carbocycles. The van der Waals surface area contributed by atoms with E-state index < -0.39 is 0 Å². The lowest BCUT2D eigenvalue weighted by molar-refractivity contribution is 1.04. The molecule has 2 aliphatic rings. The Balaban J connectivity index is 2.03. The molecule has 2 aromatic rings. The average molecular weight is 178 g/mol. The Kier molecular flexibility index (Phi) is 1.02. The highest BCUT2D eigenvalue weighted by atomic mass is 14.4. The van der Waals surface area contributed by atoms with Crippen LogP contribution in [0.3, 0.4) is 0 Å². The van der Waals surface area contributed by atoms with Crippen molar-refractivity contribution in [1.29, 1.82) is 0 Å². The highest BCUT2D eigenvalue weighted by molar-refractivity contribution is 5.68. The summed E-state index contributed by atoms with van der Waals surface area (Å²) in [5.41, 5.74) is 7.79. The lowest BCUT2D eigenvalue weighted by atomic mass is 9.91. The molecule has 2 aromatic carbocycles.